The number of hydrogen-bond acceptors (Lipinski definition) is 5. The Hall–Kier alpha value is -3.77. The molecule has 2 N–H and O–H groups in total. The van der Waals surface area contributed by atoms with E-state index in [-0.39, 0.29) is 5.82 Å². The molecule has 1 saturated heterocycles. The summed E-state index contributed by atoms with van der Waals surface area (Å²) in [5.41, 5.74) is 4.71. The predicted molar refractivity (Wildman–Crippen MR) is 138 cm³/mol. The number of nitrogens with one attached hydrogen (secondary N) is 2. The van der Waals surface area contributed by atoms with Gasteiger partial charge in [0, 0.05) is 41.3 Å². The van der Waals surface area contributed by atoms with Gasteiger partial charge in [0.25, 0.3) is 0 Å². The van der Waals surface area contributed by atoms with Crippen molar-refractivity contribution in [3.05, 3.63) is 91.1 Å². The van der Waals surface area contributed by atoms with E-state index in [0.29, 0.717) is 17.6 Å². The van der Waals surface area contributed by atoms with Crippen molar-refractivity contribution < 1.29 is 4.39 Å². The number of nitrogens with zero attached hydrogens (tertiary/aromatic N) is 3. The zero-order valence-electron chi connectivity index (χ0n) is 19.3. The Balaban J connectivity index is 1.35. The van der Waals surface area contributed by atoms with Crippen LogP contribution in [0.1, 0.15) is 18.4 Å². The first-order valence-corrected chi connectivity index (χ1v) is 11.6. The lowest BCUT2D eigenvalue weighted by atomic mass is 10.0. The monoisotopic (exact) mass is 453 g/mol. The van der Waals surface area contributed by atoms with Gasteiger partial charge in [0.15, 0.2) is 0 Å². The summed E-state index contributed by atoms with van der Waals surface area (Å²) in [4.78, 5) is 11.4. The predicted octanol–water partition coefficient (Wildman–Crippen LogP) is 6.02. The lowest BCUT2D eigenvalue weighted by Crippen LogP contribution is -2.36. The van der Waals surface area contributed by atoms with E-state index in [1.165, 1.54) is 12.1 Å². The average Bonchev–Trinajstić information content (AvgIpc) is 2.85. The average molecular weight is 454 g/mol. The Kier molecular flexibility index (Phi) is 6.23. The molecule has 34 heavy (non-hydrogen) atoms. The first-order valence-electron chi connectivity index (χ1n) is 11.6. The molecule has 0 spiro atoms. The topological polar surface area (TPSA) is 53.1 Å². The number of benzene rings is 2. The molecule has 2 aromatic carbocycles. The number of pyridine rings is 2. The molecule has 1 fully saturated rings. The first-order chi connectivity index (χ1) is 16.5. The lowest BCUT2D eigenvalue weighted by Gasteiger charge is -2.30. The van der Waals surface area contributed by atoms with Crippen LogP contribution in [0.4, 0.5) is 15.9 Å². The zero-order valence-corrected chi connectivity index (χ0v) is 19.3. The summed E-state index contributed by atoms with van der Waals surface area (Å²) in [5.74, 6) is 0.419. The number of rotatable bonds is 6. The summed E-state index contributed by atoms with van der Waals surface area (Å²) < 4.78 is 13.2. The molecule has 0 amide bonds. The van der Waals surface area contributed by atoms with Crippen molar-refractivity contribution in [2.24, 2.45) is 0 Å². The fourth-order valence-electron chi connectivity index (χ4n) is 4.33. The Bertz CT molecular complexity index is 1310. The zero-order chi connectivity index (χ0) is 23.5. The highest BCUT2D eigenvalue weighted by molar-refractivity contribution is 5.89. The summed E-state index contributed by atoms with van der Waals surface area (Å²) >= 11 is 0. The van der Waals surface area contributed by atoms with E-state index in [2.05, 4.69) is 63.4 Å². The number of halogens is 1. The summed E-state index contributed by atoms with van der Waals surface area (Å²) in [5, 5.41) is 9.01. The third kappa shape index (κ3) is 5.07. The molecule has 0 unspecified atom stereocenters. The Morgan fingerprint density at radius 1 is 0.941 bits per heavy atom. The van der Waals surface area contributed by atoms with Crippen LogP contribution in [0.2, 0.25) is 0 Å². The van der Waals surface area contributed by atoms with Crippen LogP contribution >= 0.6 is 0 Å². The van der Waals surface area contributed by atoms with Crippen LogP contribution < -0.4 is 10.6 Å². The normalized spacial score (nSPS) is 14.8. The van der Waals surface area contributed by atoms with Gasteiger partial charge >= 0.3 is 0 Å². The van der Waals surface area contributed by atoms with Gasteiger partial charge in [0.05, 0.1) is 5.69 Å². The number of fused-ring (bicyclic) bond motifs is 1. The SMILES string of the molecule is C=C(Nc1cc2cc(-c3cncc(NC4CCN(C)CC4)c3)ccc2cn1)c1ccc(F)cc1. The van der Waals surface area contributed by atoms with Gasteiger partial charge in [-0.15, -0.1) is 0 Å². The molecule has 172 valence electrons. The molecular formula is C28H28FN5. The van der Waals surface area contributed by atoms with Crippen molar-refractivity contribution in [1.82, 2.24) is 14.9 Å². The Morgan fingerprint density at radius 3 is 2.53 bits per heavy atom. The van der Waals surface area contributed by atoms with Crippen molar-refractivity contribution in [3.63, 3.8) is 0 Å². The molecule has 5 nitrogen and oxygen atoms in total. The van der Waals surface area contributed by atoms with Crippen molar-refractivity contribution in [2.75, 3.05) is 30.8 Å². The smallest absolute Gasteiger partial charge is 0.130 e. The summed E-state index contributed by atoms with van der Waals surface area (Å²) in [7, 11) is 2.17. The highest BCUT2D eigenvalue weighted by Gasteiger charge is 2.16. The minimum absolute atomic E-state index is 0.270. The maximum Gasteiger partial charge on any atom is 0.130 e. The molecule has 0 bridgehead atoms. The van der Waals surface area contributed by atoms with E-state index in [4.69, 9.17) is 0 Å². The summed E-state index contributed by atoms with van der Waals surface area (Å²) in [6.07, 6.45) is 7.93. The highest BCUT2D eigenvalue weighted by atomic mass is 19.1. The van der Waals surface area contributed by atoms with Crippen LogP contribution in [0.3, 0.4) is 0 Å². The molecule has 0 saturated carbocycles. The molecule has 0 atom stereocenters. The Labute approximate surface area is 199 Å². The van der Waals surface area contributed by atoms with E-state index in [9.17, 15) is 4.39 Å². The van der Waals surface area contributed by atoms with Gasteiger partial charge in [-0.25, -0.2) is 9.37 Å². The van der Waals surface area contributed by atoms with Crippen molar-refractivity contribution in [1.29, 1.82) is 0 Å². The number of piperidine rings is 1. The van der Waals surface area contributed by atoms with Crippen molar-refractivity contribution >= 4 is 28.0 Å². The van der Waals surface area contributed by atoms with Crippen LogP contribution in [0, 0.1) is 5.82 Å². The van der Waals surface area contributed by atoms with E-state index in [1.54, 1.807) is 12.1 Å². The van der Waals surface area contributed by atoms with E-state index >= 15 is 0 Å². The van der Waals surface area contributed by atoms with Crippen molar-refractivity contribution in [2.45, 2.75) is 18.9 Å². The third-order valence-electron chi connectivity index (χ3n) is 6.35. The molecule has 0 aliphatic carbocycles. The molecule has 1 aliphatic rings. The van der Waals surface area contributed by atoms with Gasteiger partial charge in [-0.1, -0.05) is 30.8 Å². The standard InChI is InChI=1S/C28H28FN5/c1-19(20-5-7-25(29)8-6-20)32-28-15-23-13-21(3-4-22(23)17-31-28)24-14-27(18-30-16-24)33-26-9-11-34(2)12-10-26/h3-8,13-18,26,33H,1,9-12H2,2H3,(H,31,32). The van der Waals surface area contributed by atoms with Crippen LogP contribution in [-0.4, -0.2) is 41.0 Å². The second kappa shape index (κ2) is 9.61. The number of hydrogen-bond donors (Lipinski definition) is 2. The number of aromatic nitrogens is 2. The lowest BCUT2D eigenvalue weighted by molar-refractivity contribution is 0.264. The molecule has 6 heteroatoms. The quantitative estimate of drug-likeness (QED) is 0.374. The maximum atomic E-state index is 13.2. The fraction of sp³-hybridized carbons (Fsp3) is 0.214. The minimum Gasteiger partial charge on any atom is -0.381 e. The van der Waals surface area contributed by atoms with Gasteiger partial charge in [0.1, 0.15) is 11.6 Å². The Morgan fingerprint density at radius 2 is 1.74 bits per heavy atom. The molecule has 0 radical (unpaired) electrons. The van der Waals surface area contributed by atoms with E-state index < -0.39 is 0 Å². The molecule has 2 aromatic heterocycles. The van der Waals surface area contributed by atoms with E-state index in [1.807, 2.05) is 24.7 Å². The minimum atomic E-state index is -0.270. The molecule has 1 aliphatic heterocycles. The van der Waals surface area contributed by atoms with Gasteiger partial charge in [-0.2, -0.15) is 0 Å². The van der Waals surface area contributed by atoms with E-state index in [0.717, 1.165) is 59.1 Å². The van der Waals surface area contributed by atoms with Gasteiger partial charge in [-0.05, 0) is 79.8 Å². The second-order valence-corrected chi connectivity index (χ2v) is 8.93. The third-order valence-corrected chi connectivity index (χ3v) is 6.35. The number of likely N-dealkylation sites (tertiary alicyclic amines) is 1. The molecular weight excluding hydrogens is 425 g/mol. The molecule has 5 rings (SSSR count). The highest BCUT2D eigenvalue weighted by Crippen LogP contribution is 2.28. The van der Waals surface area contributed by atoms with Gasteiger partial charge in [0.2, 0.25) is 0 Å². The van der Waals surface area contributed by atoms with Crippen LogP contribution in [-0.2, 0) is 0 Å². The summed E-state index contributed by atoms with van der Waals surface area (Å²) in [6, 6.07) is 17.2. The second-order valence-electron chi connectivity index (χ2n) is 8.93. The molecule has 3 heterocycles. The maximum absolute atomic E-state index is 13.2. The van der Waals surface area contributed by atoms with Crippen LogP contribution in [0.5, 0.6) is 0 Å². The fourth-order valence-corrected chi connectivity index (χ4v) is 4.33. The summed E-state index contributed by atoms with van der Waals surface area (Å²) in [6.45, 7) is 6.30. The first kappa shape index (κ1) is 22.0. The largest absolute Gasteiger partial charge is 0.381 e. The van der Waals surface area contributed by atoms with Gasteiger partial charge in [-0.3, -0.25) is 4.98 Å². The van der Waals surface area contributed by atoms with Gasteiger partial charge < -0.3 is 15.5 Å². The van der Waals surface area contributed by atoms with Crippen molar-refractivity contribution in [3.8, 4) is 11.1 Å². The molecule has 4 aromatic rings. The van der Waals surface area contributed by atoms with Crippen LogP contribution in [0.15, 0.2) is 79.8 Å². The number of anilines is 2. The van der Waals surface area contributed by atoms with Crippen LogP contribution in [0.25, 0.3) is 27.6 Å².